The van der Waals surface area contributed by atoms with Gasteiger partial charge in [-0.25, -0.2) is 0 Å². The topological polar surface area (TPSA) is 69.6 Å². The maximum absolute atomic E-state index is 14.0. The quantitative estimate of drug-likeness (QED) is 0.158. The van der Waals surface area contributed by atoms with Gasteiger partial charge in [0.25, 0.3) is 11.5 Å². The van der Waals surface area contributed by atoms with Crippen LogP contribution in [0.5, 0.6) is 11.5 Å². The lowest BCUT2D eigenvalue weighted by Crippen LogP contribution is -2.25. The van der Waals surface area contributed by atoms with Gasteiger partial charge in [-0.05, 0) is 62.1 Å². The molecule has 0 radical (unpaired) electrons. The summed E-state index contributed by atoms with van der Waals surface area (Å²) in [5.41, 5.74) is 1.72. The number of hydrogen-bond donors (Lipinski definition) is 1. The minimum Gasteiger partial charge on any atom is -0.485 e. The summed E-state index contributed by atoms with van der Waals surface area (Å²) in [5.74, 6) is 1.59. The average Bonchev–Trinajstić information content (AvgIpc) is 2.95. The fourth-order valence-electron chi connectivity index (χ4n) is 4.68. The Balaban J connectivity index is 2.14. The first-order valence-corrected chi connectivity index (χ1v) is 14.5. The molecule has 0 aliphatic carbocycles. The predicted octanol–water partition coefficient (Wildman–Crippen LogP) is 8.34. The van der Waals surface area contributed by atoms with Crippen LogP contribution in [0, 0.1) is 5.92 Å². The Morgan fingerprint density at radius 1 is 1.00 bits per heavy atom. The smallest absolute Gasteiger partial charge is 0.297 e. The Bertz CT molecular complexity index is 1310. The van der Waals surface area contributed by atoms with Crippen molar-refractivity contribution in [3.63, 3.8) is 0 Å². The maximum atomic E-state index is 14.0. The monoisotopic (exact) mass is 532 g/mol. The number of nitrogens with one attached hydrogen (secondary N) is 1. The van der Waals surface area contributed by atoms with E-state index in [4.69, 9.17) is 9.47 Å². The number of allylic oxidation sites excluding steroid dienone is 2. The van der Waals surface area contributed by atoms with Crippen LogP contribution in [0.1, 0.15) is 89.9 Å². The Labute approximate surface area is 233 Å². The normalized spacial score (nSPS) is 12.4. The molecule has 39 heavy (non-hydrogen) atoms. The number of benzene rings is 2. The van der Waals surface area contributed by atoms with Gasteiger partial charge in [-0.2, -0.15) is 0 Å². The van der Waals surface area contributed by atoms with Crippen molar-refractivity contribution in [3.05, 3.63) is 76.3 Å². The lowest BCUT2D eigenvalue weighted by Gasteiger charge is -2.21. The summed E-state index contributed by atoms with van der Waals surface area (Å²) in [7, 11) is 0. The Hall–Kier alpha value is -3.54. The molecule has 1 unspecified atom stereocenters. The lowest BCUT2D eigenvalue weighted by atomic mass is 10.1. The van der Waals surface area contributed by atoms with E-state index in [1.165, 1.54) is 0 Å². The second-order valence-electron chi connectivity index (χ2n) is 10.1. The molecule has 210 valence electrons. The molecular weight excluding hydrogens is 488 g/mol. The predicted molar refractivity (Wildman–Crippen MR) is 161 cm³/mol. The number of carbonyl (C=O) groups excluding carboxylic acids is 1. The second-order valence-corrected chi connectivity index (χ2v) is 10.1. The molecule has 6 heteroatoms. The molecule has 0 aliphatic heterocycles. The van der Waals surface area contributed by atoms with Crippen LogP contribution in [-0.4, -0.2) is 17.1 Å². The number of carbonyl (C=O) groups is 1. The summed E-state index contributed by atoms with van der Waals surface area (Å²) >= 11 is 0. The molecule has 6 nitrogen and oxygen atoms in total. The van der Waals surface area contributed by atoms with Crippen LogP contribution in [0.3, 0.4) is 0 Å². The molecule has 2 aromatic carbocycles. The summed E-state index contributed by atoms with van der Waals surface area (Å²) in [4.78, 5) is 26.9. The van der Waals surface area contributed by atoms with Gasteiger partial charge < -0.3 is 19.4 Å². The van der Waals surface area contributed by atoms with E-state index in [1.54, 1.807) is 16.7 Å². The summed E-state index contributed by atoms with van der Waals surface area (Å²) in [6.45, 7) is 11.4. The molecule has 1 N–H and O–H groups in total. The van der Waals surface area contributed by atoms with Gasteiger partial charge in [-0.3, -0.25) is 9.59 Å². The van der Waals surface area contributed by atoms with Crippen molar-refractivity contribution in [2.45, 2.75) is 86.1 Å². The van der Waals surface area contributed by atoms with Crippen molar-refractivity contribution in [2.75, 3.05) is 11.9 Å². The van der Waals surface area contributed by atoms with Gasteiger partial charge in [0.2, 0.25) is 5.75 Å². The van der Waals surface area contributed by atoms with E-state index < -0.39 is 0 Å². The van der Waals surface area contributed by atoms with Crippen molar-refractivity contribution in [3.8, 4) is 11.5 Å². The van der Waals surface area contributed by atoms with E-state index in [1.807, 2.05) is 56.3 Å². The minimum absolute atomic E-state index is 0.198. The van der Waals surface area contributed by atoms with Gasteiger partial charge in [0.15, 0.2) is 5.75 Å². The maximum Gasteiger partial charge on any atom is 0.297 e. The van der Waals surface area contributed by atoms with E-state index in [-0.39, 0.29) is 17.2 Å². The van der Waals surface area contributed by atoms with E-state index in [0.717, 1.165) is 55.2 Å². The lowest BCUT2D eigenvalue weighted by molar-refractivity contribution is 0.102. The molecule has 0 fully saturated rings. The number of ether oxygens (including phenoxy) is 2. The highest BCUT2D eigenvalue weighted by molar-refractivity contribution is 6.05. The average molecular weight is 533 g/mol. The third kappa shape index (κ3) is 7.98. The number of fused-ring (bicyclic) bond motifs is 1. The van der Waals surface area contributed by atoms with Crippen LogP contribution in [0.4, 0.5) is 5.69 Å². The fourth-order valence-corrected chi connectivity index (χ4v) is 4.68. The van der Waals surface area contributed by atoms with E-state index in [9.17, 15) is 9.59 Å². The Morgan fingerprint density at radius 3 is 2.44 bits per heavy atom. The van der Waals surface area contributed by atoms with Crippen molar-refractivity contribution in [1.82, 2.24) is 4.57 Å². The highest BCUT2D eigenvalue weighted by atomic mass is 16.5. The number of nitrogens with zero attached hydrogens (tertiary/aromatic N) is 1. The zero-order valence-electron chi connectivity index (χ0n) is 24.2. The standard InChI is InChI=1S/C33H44N2O4/c1-6-10-11-15-21-35-29-22-26(34-32(36)25-17-13-12-14-18-25)19-20-28(29)30(39-27(8-3)9-4)31(33(35)37)38-23-24(5)16-7-2/h8,12-14,17-20,22,24H,6-7,9-11,15-16,21,23H2,1-5H3,(H,34,36). The first-order chi connectivity index (χ1) is 18.9. The van der Waals surface area contributed by atoms with Gasteiger partial charge in [0.1, 0.15) is 0 Å². The van der Waals surface area contributed by atoms with Crippen LogP contribution in [0.2, 0.25) is 0 Å². The SMILES string of the molecule is CC=C(CC)Oc1c(OCC(C)CCC)c(=O)n(CCCCCC)c2cc(NC(=O)c3ccccc3)ccc12. The van der Waals surface area contributed by atoms with Gasteiger partial charge >= 0.3 is 0 Å². The van der Waals surface area contributed by atoms with Crippen LogP contribution in [-0.2, 0) is 6.54 Å². The van der Waals surface area contributed by atoms with Crippen LogP contribution >= 0.6 is 0 Å². The summed E-state index contributed by atoms with van der Waals surface area (Å²) in [6, 6.07) is 14.7. The van der Waals surface area contributed by atoms with Gasteiger partial charge in [0, 0.05) is 29.6 Å². The van der Waals surface area contributed by atoms with Crippen LogP contribution in [0.25, 0.3) is 10.9 Å². The van der Waals surface area contributed by atoms with E-state index in [2.05, 4.69) is 26.1 Å². The number of hydrogen-bond acceptors (Lipinski definition) is 4. The van der Waals surface area contributed by atoms with E-state index >= 15 is 0 Å². The summed E-state index contributed by atoms with van der Waals surface area (Å²) in [6.07, 6.45) is 8.84. The van der Waals surface area contributed by atoms with Crippen LogP contribution in [0.15, 0.2) is 65.2 Å². The molecule has 0 aliphatic rings. The highest BCUT2D eigenvalue weighted by Gasteiger charge is 2.22. The van der Waals surface area contributed by atoms with Crippen molar-refractivity contribution < 1.29 is 14.3 Å². The molecule has 0 saturated heterocycles. The number of aromatic nitrogens is 1. The number of rotatable bonds is 15. The first-order valence-electron chi connectivity index (χ1n) is 14.5. The molecule has 0 bridgehead atoms. The van der Waals surface area contributed by atoms with Gasteiger partial charge in [-0.1, -0.05) is 71.6 Å². The third-order valence-electron chi connectivity index (χ3n) is 6.91. The van der Waals surface area contributed by atoms with Crippen molar-refractivity contribution in [2.24, 2.45) is 5.92 Å². The number of aryl methyl sites for hydroxylation is 1. The minimum atomic E-state index is -0.199. The zero-order chi connectivity index (χ0) is 28.2. The molecule has 1 atom stereocenters. The zero-order valence-corrected chi connectivity index (χ0v) is 24.2. The molecule has 1 aromatic heterocycles. The van der Waals surface area contributed by atoms with Crippen LogP contribution < -0.4 is 20.3 Å². The number of anilines is 1. The van der Waals surface area contributed by atoms with Gasteiger partial charge in [-0.15, -0.1) is 0 Å². The largest absolute Gasteiger partial charge is 0.485 e. The molecular formula is C33H44N2O4. The molecule has 1 heterocycles. The number of amides is 1. The van der Waals surface area contributed by atoms with Gasteiger partial charge in [0.05, 0.1) is 17.9 Å². The molecule has 3 aromatic rings. The summed E-state index contributed by atoms with van der Waals surface area (Å²) < 4.78 is 14.4. The Morgan fingerprint density at radius 2 is 1.77 bits per heavy atom. The summed E-state index contributed by atoms with van der Waals surface area (Å²) in [5, 5.41) is 3.77. The highest BCUT2D eigenvalue weighted by Crippen LogP contribution is 2.36. The molecule has 3 rings (SSSR count). The molecule has 0 spiro atoms. The van der Waals surface area contributed by atoms with Crippen molar-refractivity contribution in [1.29, 1.82) is 0 Å². The third-order valence-corrected chi connectivity index (χ3v) is 6.91. The molecule has 0 saturated carbocycles. The first kappa shape index (κ1) is 30.0. The van der Waals surface area contributed by atoms with E-state index in [0.29, 0.717) is 42.5 Å². The number of pyridine rings is 1. The number of unbranched alkanes of at least 4 members (excludes halogenated alkanes) is 3. The second kappa shape index (κ2) is 15.2. The fraction of sp³-hybridized carbons (Fsp3) is 0.455. The van der Waals surface area contributed by atoms with Crippen molar-refractivity contribution >= 4 is 22.5 Å². The Kier molecular flexibility index (Phi) is 11.7. The molecule has 1 amide bonds.